The van der Waals surface area contributed by atoms with E-state index < -0.39 is 23.7 Å². The largest absolute Gasteiger partial charge is 0.508 e. The number of anilines is 1. The summed E-state index contributed by atoms with van der Waals surface area (Å²) in [7, 11) is 0. The smallest absolute Gasteiger partial charge is 0.338 e. The molecule has 0 bridgehead atoms. The zero-order chi connectivity index (χ0) is 27.9. The molecule has 2 N–H and O–H groups in total. The van der Waals surface area contributed by atoms with Crippen molar-refractivity contribution in [1.82, 2.24) is 0 Å². The minimum Gasteiger partial charge on any atom is -0.508 e. The van der Waals surface area contributed by atoms with Crippen molar-refractivity contribution in [1.29, 1.82) is 0 Å². The van der Waals surface area contributed by atoms with Gasteiger partial charge in [-0.3, -0.25) is 14.5 Å². The molecule has 1 heterocycles. The number of hydrogen-bond acceptors (Lipinski definition) is 7. The molecule has 1 fully saturated rings. The van der Waals surface area contributed by atoms with Gasteiger partial charge in [-0.25, -0.2) is 4.79 Å². The molecule has 4 rings (SSSR count). The number of unbranched alkanes of at least 4 members (excludes halogenated alkanes) is 2. The lowest BCUT2D eigenvalue weighted by Gasteiger charge is -2.26. The van der Waals surface area contributed by atoms with E-state index in [4.69, 9.17) is 9.47 Å². The highest BCUT2D eigenvalue weighted by molar-refractivity contribution is 6.51. The zero-order valence-corrected chi connectivity index (χ0v) is 21.9. The number of benzene rings is 3. The fraction of sp³-hybridized carbons (Fsp3) is 0.258. The van der Waals surface area contributed by atoms with Crippen LogP contribution in [0.4, 0.5) is 5.69 Å². The van der Waals surface area contributed by atoms with Crippen molar-refractivity contribution in [3.63, 3.8) is 0 Å². The number of phenolic OH excluding ortho intramolecular Hbond substituents is 1. The average molecular weight is 530 g/mol. The van der Waals surface area contributed by atoms with Crippen LogP contribution in [0.15, 0.2) is 78.4 Å². The third kappa shape index (κ3) is 5.95. The fourth-order valence-corrected chi connectivity index (χ4v) is 4.51. The Balaban J connectivity index is 1.77. The number of ketones is 1. The van der Waals surface area contributed by atoms with Gasteiger partial charge in [-0.2, -0.15) is 0 Å². The molecular weight excluding hydrogens is 498 g/mol. The maximum Gasteiger partial charge on any atom is 0.338 e. The SMILES string of the molecule is CCCCCOc1ccc(/C(O)=C2\C(=O)C(=O)N(c3cccc(C(=O)OCC)c3)C2c2cccc(O)c2)cc1. The second kappa shape index (κ2) is 12.3. The molecule has 8 nitrogen and oxygen atoms in total. The van der Waals surface area contributed by atoms with Crippen molar-refractivity contribution < 1.29 is 34.1 Å². The van der Waals surface area contributed by atoms with Crippen LogP contribution in [0.25, 0.3) is 5.76 Å². The molecule has 0 radical (unpaired) electrons. The Labute approximate surface area is 227 Å². The minimum absolute atomic E-state index is 0.0667. The maximum atomic E-state index is 13.4. The van der Waals surface area contributed by atoms with Crippen LogP contribution >= 0.6 is 0 Å². The molecule has 1 aliphatic heterocycles. The summed E-state index contributed by atoms with van der Waals surface area (Å²) < 4.78 is 10.8. The number of amides is 1. The van der Waals surface area contributed by atoms with Crippen LogP contribution in [0, 0.1) is 0 Å². The van der Waals surface area contributed by atoms with E-state index in [1.54, 1.807) is 61.5 Å². The Kier molecular flexibility index (Phi) is 8.66. The van der Waals surface area contributed by atoms with E-state index in [9.17, 15) is 24.6 Å². The number of Topliss-reactive ketones (excluding diaryl/α,β-unsaturated/α-hetero) is 1. The lowest BCUT2D eigenvalue weighted by atomic mass is 9.95. The van der Waals surface area contributed by atoms with Crippen LogP contribution < -0.4 is 9.64 Å². The number of aliphatic hydroxyl groups is 1. The van der Waals surface area contributed by atoms with Crippen molar-refractivity contribution in [3.8, 4) is 11.5 Å². The molecule has 1 atom stereocenters. The van der Waals surface area contributed by atoms with Gasteiger partial charge < -0.3 is 19.7 Å². The van der Waals surface area contributed by atoms with E-state index >= 15 is 0 Å². The minimum atomic E-state index is -1.06. The quantitative estimate of drug-likeness (QED) is 0.113. The number of ether oxygens (including phenoxy) is 2. The van der Waals surface area contributed by atoms with Gasteiger partial charge in [0.2, 0.25) is 0 Å². The number of nitrogens with zero attached hydrogens (tertiary/aromatic N) is 1. The lowest BCUT2D eigenvalue weighted by Crippen LogP contribution is -2.29. The van der Waals surface area contributed by atoms with Gasteiger partial charge in [-0.05, 0) is 73.5 Å². The molecule has 1 unspecified atom stereocenters. The second-order valence-corrected chi connectivity index (χ2v) is 9.11. The molecule has 0 aliphatic carbocycles. The molecule has 1 amide bonds. The van der Waals surface area contributed by atoms with Crippen molar-refractivity contribution in [2.24, 2.45) is 0 Å². The first-order valence-electron chi connectivity index (χ1n) is 13.0. The van der Waals surface area contributed by atoms with Crippen molar-refractivity contribution in [2.45, 2.75) is 39.2 Å². The number of hydrogen-bond donors (Lipinski definition) is 2. The molecule has 39 heavy (non-hydrogen) atoms. The van der Waals surface area contributed by atoms with Crippen molar-refractivity contribution in [3.05, 3.63) is 95.1 Å². The van der Waals surface area contributed by atoms with E-state index in [1.165, 1.54) is 23.1 Å². The van der Waals surface area contributed by atoms with E-state index in [-0.39, 0.29) is 34.9 Å². The van der Waals surface area contributed by atoms with Crippen LogP contribution in [-0.4, -0.2) is 41.1 Å². The van der Waals surface area contributed by atoms with Crippen LogP contribution in [0.1, 0.15) is 60.6 Å². The summed E-state index contributed by atoms with van der Waals surface area (Å²) in [6, 6.07) is 17.9. The van der Waals surface area contributed by atoms with E-state index in [2.05, 4.69) is 6.92 Å². The predicted molar refractivity (Wildman–Crippen MR) is 147 cm³/mol. The van der Waals surface area contributed by atoms with Gasteiger partial charge in [0.05, 0.1) is 30.4 Å². The van der Waals surface area contributed by atoms with Crippen molar-refractivity contribution in [2.75, 3.05) is 18.1 Å². The molecule has 3 aromatic rings. The number of aliphatic hydroxyl groups excluding tert-OH is 1. The van der Waals surface area contributed by atoms with Crippen LogP contribution in [0.2, 0.25) is 0 Å². The van der Waals surface area contributed by atoms with Crippen LogP contribution in [0.5, 0.6) is 11.5 Å². The summed E-state index contributed by atoms with van der Waals surface area (Å²) in [5.41, 5.74) is 1.09. The molecule has 8 heteroatoms. The average Bonchev–Trinajstić information content (AvgIpc) is 3.21. The number of rotatable bonds is 10. The first kappa shape index (κ1) is 27.4. The third-order valence-electron chi connectivity index (χ3n) is 6.41. The molecule has 0 saturated carbocycles. The van der Waals surface area contributed by atoms with Gasteiger partial charge in [-0.1, -0.05) is 38.0 Å². The van der Waals surface area contributed by atoms with Gasteiger partial charge in [0, 0.05) is 11.3 Å². The van der Waals surface area contributed by atoms with Gasteiger partial charge in [-0.15, -0.1) is 0 Å². The topological polar surface area (TPSA) is 113 Å². The first-order valence-corrected chi connectivity index (χ1v) is 13.0. The first-order chi connectivity index (χ1) is 18.8. The lowest BCUT2D eigenvalue weighted by molar-refractivity contribution is -0.132. The standard InChI is InChI=1S/C31H31NO7/c1-3-5-6-17-39-25-15-13-20(14-16-25)28(34)26-27(21-9-8-12-24(33)19-21)32(30(36)29(26)35)23-11-7-10-22(18-23)31(37)38-4-2/h7-16,18-19,27,33-34H,3-6,17H2,1-2H3/b28-26+. The molecule has 0 spiro atoms. The summed E-state index contributed by atoms with van der Waals surface area (Å²) in [6.45, 7) is 4.56. The van der Waals surface area contributed by atoms with Crippen LogP contribution in [-0.2, 0) is 14.3 Å². The maximum absolute atomic E-state index is 13.4. The number of aromatic hydroxyl groups is 1. The number of carbonyl (C=O) groups excluding carboxylic acids is 3. The summed E-state index contributed by atoms with van der Waals surface area (Å²) >= 11 is 0. The number of esters is 1. The molecule has 3 aromatic carbocycles. The van der Waals surface area contributed by atoms with Crippen molar-refractivity contribution >= 4 is 29.1 Å². The molecule has 202 valence electrons. The van der Waals surface area contributed by atoms with Gasteiger partial charge >= 0.3 is 5.97 Å². The Morgan fingerprint density at radius 1 is 0.923 bits per heavy atom. The van der Waals surface area contributed by atoms with Crippen LogP contribution in [0.3, 0.4) is 0 Å². The van der Waals surface area contributed by atoms with Gasteiger partial charge in [0.1, 0.15) is 17.3 Å². The Bertz CT molecular complexity index is 1390. The molecular formula is C31H31NO7. The fourth-order valence-electron chi connectivity index (χ4n) is 4.51. The van der Waals surface area contributed by atoms with E-state index in [0.29, 0.717) is 23.5 Å². The number of carbonyl (C=O) groups is 3. The molecule has 1 saturated heterocycles. The van der Waals surface area contributed by atoms with E-state index in [1.807, 2.05) is 0 Å². The highest BCUT2D eigenvalue weighted by atomic mass is 16.5. The zero-order valence-electron chi connectivity index (χ0n) is 21.9. The predicted octanol–water partition coefficient (Wildman–Crippen LogP) is 5.76. The normalized spacial score (nSPS) is 16.4. The van der Waals surface area contributed by atoms with E-state index in [0.717, 1.165) is 19.3 Å². The summed E-state index contributed by atoms with van der Waals surface area (Å²) in [6.07, 6.45) is 3.08. The Morgan fingerprint density at radius 2 is 1.67 bits per heavy atom. The number of phenols is 1. The third-order valence-corrected chi connectivity index (χ3v) is 6.41. The Morgan fingerprint density at radius 3 is 2.36 bits per heavy atom. The highest BCUT2D eigenvalue weighted by Gasteiger charge is 2.47. The molecule has 0 aromatic heterocycles. The second-order valence-electron chi connectivity index (χ2n) is 9.11. The summed E-state index contributed by atoms with van der Waals surface area (Å²) in [5.74, 6) is -2.12. The Hall–Kier alpha value is -4.59. The summed E-state index contributed by atoms with van der Waals surface area (Å²) in [4.78, 5) is 40.3. The molecule has 1 aliphatic rings. The van der Waals surface area contributed by atoms with Gasteiger partial charge in [0.15, 0.2) is 0 Å². The monoisotopic (exact) mass is 529 g/mol. The van der Waals surface area contributed by atoms with Gasteiger partial charge in [0.25, 0.3) is 11.7 Å². The summed E-state index contributed by atoms with van der Waals surface area (Å²) in [5, 5.41) is 21.5. The highest BCUT2D eigenvalue weighted by Crippen LogP contribution is 2.43.